The molecule has 0 spiro atoms. The molecule has 0 aromatic carbocycles. The van der Waals surface area contributed by atoms with Gasteiger partial charge in [-0.15, -0.1) is 24.8 Å². The van der Waals surface area contributed by atoms with Crippen molar-refractivity contribution in [1.82, 2.24) is 0 Å². The van der Waals surface area contributed by atoms with Crippen LogP contribution in [0.25, 0.3) is 0 Å². The Labute approximate surface area is 59.0 Å². The van der Waals surface area contributed by atoms with Gasteiger partial charge in [0.05, 0.1) is 0 Å². The van der Waals surface area contributed by atoms with Crippen LogP contribution in [0.3, 0.4) is 0 Å². The van der Waals surface area contributed by atoms with E-state index < -0.39 is 0 Å². The summed E-state index contributed by atoms with van der Waals surface area (Å²) in [4.78, 5) is 0. The van der Waals surface area contributed by atoms with Crippen molar-refractivity contribution in [2.45, 2.75) is 0 Å². The molecule has 0 radical (unpaired) electrons. The van der Waals surface area contributed by atoms with Crippen LogP contribution >= 0.6 is 24.8 Å². The maximum atomic E-state index is 0. The van der Waals surface area contributed by atoms with E-state index in [1.807, 2.05) is 0 Å². The van der Waals surface area contributed by atoms with Gasteiger partial charge >= 0.3 is 17.4 Å². The zero-order chi connectivity index (χ0) is 0. The number of rotatable bonds is 0. The molecule has 0 saturated heterocycles. The molecule has 40 valence electrons. The fraction of sp³-hybridized carbons (Fsp3) is 0. The first kappa shape index (κ1) is 255. The van der Waals surface area contributed by atoms with Gasteiger partial charge in [-0.3, -0.25) is 0 Å². The van der Waals surface area contributed by atoms with Crippen LogP contribution in [0.15, 0.2) is 0 Å². The Morgan fingerprint density at radius 2 is 0.833 bits per heavy atom. The van der Waals surface area contributed by atoms with Gasteiger partial charge in [-0.05, 0) is 0 Å². The van der Waals surface area contributed by atoms with Crippen molar-refractivity contribution in [3.63, 3.8) is 0 Å². The van der Waals surface area contributed by atoms with Crippen molar-refractivity contribution < 1.29 is 16.4 Å². The molecule has 3 nitrogen and oxygen atoms in total. The van der Waals surface area contributed by atoms with Crippen LogP contribution in [0.1, 0.15) is 0 Å². The standard InChI is InChI=1S/Al.2ClH.2H2O.O/h;2*1H;2*1H2;/q+3;;;;;-2/p-1. The topological polar surface area (TPSA) is 90.0 Å². The quantitative estimate of drug-likeness (QED) is 0.422. The average molecular weight is 151 g/mol. The summed E-state index contributed by atoms with van der Waals surface area (Å²) in [5.74, 6) is 0. The minimum Gasteiger partial charge on any atom is -2.00 e. The zero-order valence-electron chi connectivity index (χ0n) is 2.75. The molecule has 0 aromatic rings. The predicted octanol–water partition coefficient (Wildman–Crippen LogP) is -0.657. The molecule has 0 atom stereocenters. The Morgan fingerprint density at radius 3 is 0.833 bits per heavy atom. The Hall–Kier alpha value is 0.992. The molecule has 0 fully saturated rings. The Kier molecular flexibility index (Phi) is 6440. The van der Waals surface area contributed by atoms with E-state index in [4.69, 9.17) is 0 Å². The van der Waals surface area contributed by atoms with Crippen LogP contribution in [-0.4, -0.2) is 28.3 Å². The molecule has 3 N–H and O–H groups in total. The minimum atomic E-state index is 0. The molecular weight excluding hydrogens is 146 g/mol. The van der Waals surface area contributed by atoms with E-state index in [0.717, 1.165) is 0 Å². The van der Waals surface area contributed by atoms with E-state index in [0.29, 0.717) is 0 Å². The van der Waals surface area contributed by atoms with E-state index in [2.05, 4.69) is 0 Å². The number of halogens is 2. The van der Waals surface area contributed by atoms with Crippen molar-refractivity contribution in [3.05, 3.63) is 0 Å². The smallest absolute Gasteiger partial charge is 2.00 e. The molecule has 0 aliphatic carbocycles. The Morgan fingerprint density at radius 1 is 0.833 bits per heavy atom. The van der Waals surface area contributed by atoms with E-state index in [-0.39, 0.29) is 58.6 Å². The molecule has 0 aliphatic heterocycles. The maximum Gasteiger partial charge on any atom is 3.00 e. The summed E-state index contributed by atoms with van der Waals surface area (Å²) < 4.78 is 0. The van der Waals surface area contributed by atoms with Crippen LogP contribution in [0.5, 0.6) is 0 Å². The summed E-state index contributed by atoms with van der Waals surface area (Å²) in [5, 5.41) is 0. The normalized spacial score (nSPS) is 0. The minimum absolute atomic E-state index is 0. The van der Waals surface area contributed by atoms with E-state index >= 15 is 0 Å². The van der Waals surface area contributed by atoms with Crippen LogP contribution in [-0.2, 0) is 5.48 Å². The summed E-state index contributed by atoms with van der Waals surface area (Å²) in [7, 11) is 0. The monoisotopic (exact) mass is 150 g/mol. The molecule has 0 unspecified atom stereocenters. The van der Waals surface area contributed by atoms with Gasteiger partial charge in [-0.25, -0.2) is 0 Å². The van der Waals surface area contributed by atoms with Gasteiger partial charge in [0.1, 0.15) is 0 Å². The van der Waals surface area contributed by atoms with E-state index in [1.165, 1.54) is 0 Å². The van der Waals surface area contributed by atoms with Crippen molar-refractivity contribution in [3.8, 4) is 0 Å². The van der Waals surface area contributed by atoms with E-state index in [9.17, 15) is 0 Å². The van der Waals surface area contributed by atoms with Gasteiger partial charge in [-0.1, -0.05) is 0 Å². The van der Waals surface area contributed by atoms with Gasteiger partial charge in [0.15, 0.2) is 0 Å². The van der Waals surface area contributed by atoms with Crippen molar-refractivity contribution in [2.75, 3.05) is 0 Å². The molecule has 0 rings (SSSR count). The largest absolute Gasteiger partial charge is 3.00 e. The summed E-state index contributed by atoms with van der Waals surface area (Å²) >= 11 is 0. The summed E-state index contributed by atoms with van der Waals surface area (Å²) in [6, 6.07) is 0. The first-order chi connectivity index (χ1) is 0. The third kappa shape index (κ3) is 80.8. The molecule has 0 bridgehead atoms. The number of hydrogen-bond acceptors (Lipinski definition) is 1. The Balaban J connectivity index is 0. The van der Waals surface area contributed by atoms with Crippen LogP contribution < -0.4 is 0 Å². The van der Waals surface area contributed by atoms with Gasteiger partial charge in [0, 0.05) is 0 Å². The summed E-state index contributed by atoms with van der Waals surface area (Å²) in [6.07, 6.45) is 0. The molecule has 0 aliphatic rings. The van der Waals surface area contributed by atoms with Gasteiger partial charge < -0.3 is 16.4 Å². The van der Waals surface area contributed by atoms with Crippen molar-refractivity contribution >= 4 is 42.2 Å². The Bertz CT molecular complexity index is 8.75. The number of hydrogen-bond donors (Lipinski definition) is 0. The second-order valence-electron chi connectivity index (χ2n) is 0. The first-order valence-corrected chi connectivity index (χ1v) is 0. The third-order valence-electron chi connectivity index (χ3n) is 0. The zero-order valence-corrected chi connectivity index (χ0v) is 5.54. The predicted molar refractivity (Wildman–Crippen MR) is 26.5 cm³/mol. The fourth-order valence-electron chi connectivity index (χ4n) is 0. The molecule has 0 aromatic heterocycles. The van der Waals surface area contributed by atoms with Gasteiger partial charge in [0.25, 0.3) is 0 Å². The van der Waals surface area contributed by atoms with Crippen LogP contribution in [0.4, 0.5) is 0 Å². The molecular formula is H5AlCl2O3. The SMILES string of the molecule is Cl.Cl.O.[Al+3].[O-2].[OH-]. The van der Waals surface area contributed by atoms with Crippen molar-refractivity contribution in [1.29, 1.82) is 0 Å². The molecule has 0 amide bonds. The molecule has 6 heteroatoms. The van der Waals surface area contributed by atoms with Crippen molar-refractivity contribution in [2.24, 2.45) is 0 Å². The summed E-state index contributed by atoms with van der Waals surface area (Å²) in [6.45, 7) is 0. The second kappa shape index (κ2) is 152. The van der Waals surface area contributed by atoms with Gasteiger partial charge in [0.2, 0.25) is 0 Å². The molecule has 0 heterocycles. The molecule has 6 heavy (non-hydrogen) atoms. The van der Waals surface area contributed by atoms with Gasteiger partial charge in [-0.2, -0.15) is 0 Å². The van der Waals surface area contributed by atoms with Crippen LogP contribution in [0, 0.1) is 0 Å². The van der Waals surface area contributed by atoms with E-state index in [1.54, 1.807) is 0 Å². The maximum absolute atomic E-state index is 0. The third-order valence-corrected chi connectivity index (χ3v) is 0. The average Bonchev–Trinajstić information content (AvgIpc) is 0. The molecule has 0 saturated carbocycles. The summed E-state index contributed by atoms with van der Waals surface area (Å²) in [5.41, 5.74) is 0. The van der Waals surface area contributed by atoms with Crippen LogP contribution in [0.2, 0.25) is 0 Å². The second-order valence-corrected chi connectivity index (χ2v) is 0. The fourth-order valence-corrected chi connectivity index (χ4v) is 0. The first-order valence-electron chi connectivity index (χ1n) is 0.